The van der Waals surface area contributed by atoms with Crippen molar-refractivity contribution in [2.45, 2.75) is 20.4 Å². The van der Waals surface area contributed by atoms with Gasteiger partial charge in [0.2, 0.25) is 0 Å². The maximum atomic E-state index is 11.0. The van der Waals surface area contributed by atoms with Gasteiger partial charge in [0.1, 0.15) is 6.61 Å². The van der Waals surface area contributed by atoms with Gasteiger partial charge in [-0.05, 0) is 20.9 Å². The van der Waals surface area contributed by atoms with Crippen LogP contribution in [0.5, 0.6) is 0 Å². The number of likely N-dealkylation sites (N-methyl/N-ethyl adjacent to an activating group) is 1. The second kappa shape index (κ2) is 8.18. The number of aromatic nitrogens is 1. The fraction of sp³-hybridized carbons (Fsp3) is 0.667. The van der Waals surface area contributed by atoms with E-state index in [0.717, 1.165) is 23.8 Å². The van der Waals surface area contributed by atoms with Gasteiger partial charge in [-0.15, -0.1) is 11.3 Å². The molecule has 0 saturated heterocycles. The Morgan fingerprint density at radius 1 is 1.56 bits per heavy atom. The number of ether oxygens (including phenoxy) is 2. The predicted molar refractivity (Wildman–Crippen MR) is 70.6 cm³/mol. The minimum Gasteiger partial charge on any atom is -0.464 e. The Kier molecular flexibility index (Phi) is 6.85. The molecule has 0 aliphatic heterocycles. The molecular formula is C12H20N2O3S. The maximum Gasteiger partial charge on any atom is 0.332 e. The van der Waals surface area contributed by atoms with Gasteiger partial charge in [0, 0.05) is 18.5 Å². The molecule has 5 nitrogen and oxygen atoms in total. The van der Waals surface area contributed by atoms with E-state index in [1.54, 1.807) is 18.3 Å². The third kappa shape index (κ3) is 6.09. The van der Waals surface area contributed by atoms with Gasteiger partial charge < -0.3 is 9.47 Å². The van der Waals surface area contributed by atoms with Crippen LogP contribution in [-0.2, 0) is 20.8 Å². The van der Waals surface area contributed by atoms with Crippen molar-refractivity contribution in [3.05, 3.63) is 16.1 Å². The number of esters is 1. The van der Waals surface area contributed by atoms with E-state index in [-0.39, 0.29) is 12.6 Å². The van der Waals surface area contributed by atoms with Gasteiger partial charge in [-0.25, -0.2) is 9.78 Å². The zero-order valence-corrected chi connectivity index (χ0v) is 12.0. The van der Waals surface area contributed by atoms with Crippen LogP contribution in [0.1, 0.15) is 17.6 Å². The van der Waals surface area contributed by atoms with Gasteiger partial charge in [-0.3, -0.25) is 4.90 Å². The lowest BCUT2D eigenvalue weighted by atomic mass is 10.4. The largest absolute Gasteiger partial charge is 0.464 e. The topological polar surface area (TPSA) is 51.7 Å². The highest BCUT2D eigenvalue weighted by Gasteiger charge is 2.05. The Bertz CT molecular complexity index is 368. The standard InChI is InChI=1S/C12H20N2O3S/c1-4-17-12(15)8-16-6-5-14(3)7-11-9-18-10(2)13-11/h9H,4-8H2,1-3H3. The summed E-state index contributed by atoms with van der Waals surface area (Å²) in [5.74, 6) is -0.310. The van der Waals surface area contributed by atoms with Crippen molar-refractivity contribution in [3.8, 4) is 0 Å². The van der Waals surface area contributed by atoms with Gasteiger partial charge >= 0.3 is 5.97 Å². The van der Waals surface area contributed by atoms with Crippen LogP contribution in [0.4, 0.5) is 0 Å². The van der Waals surface area contributed by atoms with Crippen LogP contribution in [0.15, 0.2) is 5.38 Å². The highest BCUT2D eigenvalue weighted by molar-refractivity contribution is 7.09. The van der Waals surface area contributed by atoms with Crippen LogP contribution in [0.3, 0.4) is 0 Å². The molecule has 1 rings (SSSR count). The molecule has 0 saturated carbocycles. The van der Waals surface area contributed by atoms with E-state index >= 15 is 0 Å². The van der Waals surface area contributed by atoms with Crippen LogP contribution in [0.25, 0.3) is 0 Å². The predicted octanol–water partition coefficient (Wildman–Crippen LogP) is 1.46. The summed E-state index contributed by atoms with van der Waals surface area (Å²) < 4.78 is 9.99. The average Bonchev–Trinajstić information content (AvgIpc) is 2.70. The molecule has 0 amide bonds. The summed E-state index contributed by atoms with van der Waals surface area (Å²) in [4.78, 5) is 17.5. The molecule has 0 fully saturated rings. The van der Waals surface area contributed by atoms with Crippen molar-refractivity contribution >= 4 is 17.3 Å². The molecule has 1 heterocycles. The summed E-state index contributed by atoms with van der Waals surface area (Å²) in [5.41, 5.74) is 1.07. The fourth-order valence-corrected chi connectivity index (χ4v) is 2.02. The van der Waals surface area contributed by atoms with Crippen molar-refractivity contribution in [2.75, 3.05) is 33.4 Å². The number of hydrogen-bond acceptors (Lipinski definition) is 6. The second-order valence-electron chi connectivity index (χ2n) is 3.95. The zero-order chi connectivity index (χ0) is 13.4. The highest BCUT2D eigenvalue weighted by atomic mass is 32.1. The van der Waals surface area contributed by atoms with E-state index in [1.807, 2.05) is 14.0 Å². The zero-order valence-electron chi connectivity index (χ0n) is 11.1. The molecule has 0 spiro atoms. The van der Waals surface area contributed by atoms with Crippen LogP contribution >= 0.6 is 11.3 Å². The van der Waals surface area contributed by atoms with Gasteiger partial charge in [-0.1, -0.05) is 0 Å². The SMILES string of the molecule is CCOC(=O)COCCN(C)Cc1csc(C)n1. The summed E-state index contributed by atoms with van der Waals surface area (Å²) in [6, 6.07) is 0. The van der Waals surface area contributed by atoms with Gasteiger partial charge in [0.25, 0.3) is 0 Å². The van der Waals surface area contributed by atoms with Crippen molar-refractivity contribution in [1.82, 2.24) is 9.88 Å². The first-order valence-electron chi connectivity index (χ1n) is 5.94. The lowest BCUT2D eigenvalue weighted by Crippen LogP contribution is -2.24. The van der Waals surface area contributed by atoms with E-state index in [1.165, 1.54) is 0 Å². The molecule has 6 heteroatoms. The first-order valence-corrected chi connectivity index (χ1v) is 6.82. The van der Waals surface area contributed by atoms with Crippen molar-refractivity contribution in [3.63, 3.8) is 0 Å². The minimum absolute atomic E-state index is 0.0253. The fourth-order valence-electron chi connectivity index (χ4n) is 1.42. The number of hydrogen-bond donors (Lipinski definition) is 0. The lowest BCUT2D eigenvalue weighted by molar-refractivity contribution is -0.148. The minimum atomic E-state index is -0.310. The molecule has 0 radical (unpaired) electrons. The Labute approximate surface area is 112 Å². The molecule has 0 atom stereocenters. The third-order valence-electron chi connectivity index (χ3n) is 2.24. The first-order chi connectivity index (χ1) is 8.61. The second-order valence-corrected chi connectivity index (χ2v) is 5.02. The number of nitrogens with zero attached hydrogens (tertiary/aromatic N) is 2. The van der Waals surface area contributed by atoms with Crippen molar-refractivity contribution in [2.24, 2.45) is 0 Å². The summed E-state index contributed by atoms with van der Waals surface area (Å²) in [6.07, 6.45) is 0. The summed E-state index contributed by atoms with van der Waals surface area (Å²) in [6.45, 7) is 6.27. The molecular weight excluding hydrogens is 252 g/mol. The Morgan fingerprint density at radius 3 is 2.94 bits per heavy atom. The number of aryl methyl sites for hydroxylation is 1. The monoisotopic (exact) mass is 272 g/mol. The Balaban J connectivity index is 2.10. The van der Waals surface area contributed by atoms with Crippen LogP contribution < -0.4 is 0 Å². The van der Waals surface area contributed by atoms with Gasteiger partial charge in [-0.2, -0.15) is 0 Å². The lowest BCUT2D eigenvalue weighted by Gasteiger charge is -2.14. The van der Waals surface area contributed by atoms with E-state index in [4.69, 9.17) is 9.47 Å². The van der Waals surface area contributed by atoms with E-state index in [0.29, 0.717) is 13.2 Å². The Morgan fingerprint density at radius 2 is 2.33 bits per heavy atom. The van der Waals surface area contributed by atoms with Crippen LogP contribution in [0, 0.1) is 6.92 Å². The first kappa shape index (κ1) is 15.1. The molecule has 102 valence electrons. The average molecular weight is 272 g/mol. The van der Waals surface area contributed by atoms with E-state index in [2.05, 4.69) is 15.3 Å². The molecule has 0 bridgehead atoms. The smallest absolute Gasteiger partial charge is 0.332 e. The summed E-state index contributed by atoms with van der Waals surface area (Å²) >= 11 is 1.65. The quantitative estimate of drug-likeness (QED) is 0.530. The number of carbonyl (C=O) groups is 1. The molecule has 0 N–H and O–H groups in total. The molecule has 0 unspecified atom stereocenters. The summed E-state index contributed by atoms with van der Waals surface area (Å²) in [7, 11) is 2.00. The van der Waals surface area contributed by atoms with Crippen molar-refractivity contribution < 1.29 is 14.3 Å². The van der Waals surface area contributed by atoms with Crippen LogP contribution in [0.2, 0.25) is 0 Å². The van der Waals surface area contributed by atoms with E-state index < -0.39 is 0 Å². The number of thiazole rings is 1. The van der Waals surface area contributed by atoms with Crippen LogP contribution in [-0.4, -0.2) is 49.3 Å². The molecule has 1 aromatic rings. The van der Waals surface area contributed by atoms with Crippen molar-refractivity contribution in [1.29, 1.82) is 0 Å². The normalized spacial score (nSPS) is 10.9. The third-order valence-corrected chi connectivity index (χ3v) is 3.06. The molecule has 1 aromatic heterocycles. The molecule has 0 aliphatic rings. The molecule has 18 heavy (non-hydrogen) atoms. The van der Waals surface area contributed by atoms with E-state index in [9.17, 15) is 4.79 Å². The van der Waals surface area contributed by atoms with Gasteiger partial charge in [0.15, 0.2) is 0 Å². The maximum absolute atomic E-state index is 11.0. The molecule has 0 aliphatic carbocycles. The Hall–Kier alpha value is -0.980. The van der Waals surface area contributed by atoms with Gasteiger partial charge in [0.05, 0.1) is 23.9 Å². The summed E-state index contributed by atoms with van der Waals surface area (Å²) in [5, 5.41) is 3.14. The number of rotatable bonds is 8. The molecule has 0 aromatic carbocycles. The number of carbonyl (C=O) groups excluding carboxylic acids is 1. The highest BCUT2D eigenvalue weighted by Crippen LogP contribution is 2.09.